The zero-order chi connectivity index (χ0) is 13.9. The monoisotopic (exact) mass is 262 g/mol. The first-order chi connectivity index (χ1) is 8.19. The average Bonchev–Trinajstić information content (AvgIpc) is 2.17. The van der Waals surface area contributed by atoms with Gasteiger partial charge in [0.05, 0.1) is 0 Å². The minimum absolute atomic E-state index is 0.300. The van der Waals surface area contributed by atoms with Gasteiger partial charge in [-0.05, 0) is 36.1 Å². The molecule has 18 heavy (non-hydrogen) atoms. The van der Waals surface area contributed by atoms with E-state index in [0.29, 0.717) is 23.6 Å². The highest BCUT2D eigenvalue weighted by molar-refractivity contribution is 5.52. The van der Waals surface area contributed by atoms with E-state index in [1.807, 2.05) is 13.8 Å². The Morgan fingerprint density at radius 1 is 1.28 bits per heavy atom. The molecule has 6 heteroatoms. The topological polar surface area (TPSA) is 61.3 Å². The predicted molar refractivity (Wildman–Crippen MR) is 63.9 cm³/mol. The lowest BCUT2D eigenvalue weighted by atomic mass is 9.96. The van der Waals surface area contributed by atoms with E-state index in [4.69, 9.17) is 11.5 Å². The Morgan fingerprint density at radius 2 is 1.89 bits per heavy atom. The molecule has 0 saturated carbocycles. The van der Waals surface area contributed by atoms with Crippen molar-refractivity contribution in [3.8, 4) is 5.75 Å². The molecule has 0 saturated heterocycles. The number of hydrogen-bond donors (Lipinski definition) is 2. The molecule has 0 amide bonds. The summed E-state index contributed by atoms with van der Waals surface area (Å²) in [4.78, 5) is 0. The van der Waals surface area contributed by atoms with Crippen molar-refractivity contribution in [2.24, 2.45) is 11.7 Å². The molecule has 4 N–H and O–H groups in total. The number of hydrogen-bond acceptors (Lipinski definition) is 3. The van der Waals surface area contributed by atoms with Crippen LogP contribution in [0.1, 0.15) is 31.9 Å². The third kappa shape index (κ3) is 4.44. The number of benzene rings is 1. The van der Waals surface area contributed by atoms with Crippen LogP contribution in [0, 0.1) is 5.92 Å². The molecule has 1 rings (SSSR count). The maximum Gasteiger partial charge on any atom is 0.573 e. The summed E-state index contributed by atoms with van der Waals surface area (Å²) in [6.45, 7) is 3.96. The van der Waals surface area contributed by atoms with Gasteiger partial charge in [-0.1, -0.05) is 13.8 Å². The number of anilines is 1. The molecule has 102 valence electrons. The summed E-state index contributed by atoms with van der Waals surface area (Å²) in [5.41, 5.74) is 12.5. The molecule has 0 radical (unpaired) electrons. The fourth-order valence-electron chi connectivity index (χ4n) is 1.71. The van der Waals surface area contributed by atoms with Gasteiger partial charge < -0.3 is 16.2 Å². The van der Waals surface area contributed by atoms with E-state index < -0.39 is 12.4 Å². The van der Waals surface area contributed by atoms with Gasteiger partial charge in [-0.2, -0.15) is 0 Å². The molecule has 0 heterocycles. The molecule has 1 atom stereocenters. The number of alkyl halides is 3. The Kier molecular flexibility index (Phi) is 4.45. The molecule has 0 aliphatic rings. The van der Waals surface area contributed by atoms with Gasteiger partial charge in [0.25, 0.3) is 0 Å². The second kappa shape index (κ2) is 5.48. The third-order valence-corrected chi connectivity index (χ3v) is 2.42. The van der Waals surface area contributed by atoms with E-state index in [9.17, 15) is 13.2 Å². The largest absolute Gasteiger partial charge is 0.573 e. The molecule has 0 spiro atoms. The van der Waals surface area contributed by atoms with E-state index in [-0.39, 0.29) is 5.75 Å². The van der Waals surface area contributed by atoms with Crippen LogP contribution in [0.2, 0.25) is 0 Å². The SMILES string of the molecule is CC(C)CC(N)c1cc(OC(F)(F)F)ccc1N. The minimum atomic E-state index is -4.71. The fraction of sp³-hybridized carbons (Fsp3) is 0.500. The first kappa shape index (κ1) is 14.6. The van der Waals surface area contributed by atoms with Gasteiger partial charge in [0.2, 0.25) is 0 Å². The number of nitrogen functional groups attached to an aromatic ring is 1. The Balaban J connectivity index is 2.94. The van der Waals surface area contributed by atoms with Crippen molar-refractivity contribution in [2.75, 3.05) is 5.73 Å². The van der Waals surface area contributed by atoms with Crippen molar-refractivity contribution in [1.29, 1.82) is 0 Å². The normalized spacial score (nSPS) is 13.7. The first-order valence-corrected chi connectivity index (χ1v) is 5.60. The fourth-order valence-corrected chi connectivity index (χ4v) is 1.71. The molecule has 0 aliphatic heterocycles. The highest BCUT2D eigenvalue weighted by atomic mass is 19.4. The summed E-state index contributed by atoms with van der Waals surface area (Å²) in [6, 6.07) is 3.39. The van der Waals surface area contributed by atoms with Gasteiger partial charge in [0.15, 0.2) is 0 Å². The Bertz CT molecular complexity index is 405. The number of halogens is 3. The summed E-state index contributed by atoms with van der Waals surface area (Å²) in [5.74, 6) is 0.0255. The zero-order valence-corrected chi connectivity index (χ0v) is 10.3. The van der Waals surface area contributed by atoms with Crippen LogP contribution in [0.4, 0.5) is 18.9 Å². The van der Waals surface area contributed by atoms with Gasteiger partial charge in [0.1, 0.15) is 5.75 Å². The Hall–Kier alpha value is -1.43. The number of nitrogens with two attached hydrogens (primary N) is 2. The molecule has 0 aliphatic carbocycles. The van der Waals surface area contributed by atoms with E-state index in [0.717, 1.165) is 0 Å². The molecule has 1 aromatic rings. The molecular formula is C12H17F3N2O. The number of rotatable bonds is 4. The lowest BCUT2D eigenvalue weighted by Crippen LogP contribution is -2.19. The molecule has 1 aromatic carbocycles. The van der Waals surface area contributed by atoms with Gasteiger partial charge in [-0.25, -0.2) is 0 Å². The van der Waals surface area contributed by atoms with Crippen molar-refractivity contribution in [3.63, 3.8) is 0 Å². The smallest absolute Gasteiger partial charge is 0.406 e. The van der Waals surface area contributed by atoms with Gasteiger partial charge >= 0.3 is 6.36 Å². The molecule has 0 bridgehead atoms. The van der Waals surface area contributed by atoms with Crippen LogP contribution in [-0.4, -0.2) is 6.36 Å². The van der Waals surface area contributed by atoms with E-state index in [1.54, 1.807) is 0 Å². The van der Waals surface area contributed by atoms with Crippen LogP contribution in [0.15, 0.2) is 18.2 Å². The number of ether oxygens (including phenoxy) is 1. The van der Waals surface area contributed by atoms with Crippen LogP contribution >= 0.6 is 0 Å². The minimum Gasteiger partial charge on any atom is -0.406 e. The van der Waals surface area contributed by atoms with Crippen molar-refractivity contribution in [1.82, 2.24) is 0 Å². The molecule has 3 nitrogen and oxygen atoms in total. The highest BCUT2D eigenvalue weighted by Crippen LogP contribution is 2.30. The van der Waals surface area contributed by atoms with Crippen LogP contribution in [0.3, 0.4) is 0 Å². The summed E-state index contributed by atoms with van der Waals surface area (Å²) in [7, 11) is 0. The van der Waals surface area contributed by atoms with Crippen LogP contribution in [0.5, 0.6) is 5.75 Å². The van der Waals surface area contributed by atoms with Crippen molar-refractivity contribution >= 4 is 5.69 Å². The molecule has 0 fully saturated rings. The van der Waals surface area contributed by atoms with Crippen molar-refractivity contribution < 1.29 is 17.9 Å². The zero-order valence-electron chi connectivity index (χ0n) is 10.3. The van der Waals surface area contributed by atoms with Crippen molar-refractivity contribution in [2.45, 2.75) is 32.7 Å². The highest BCUT2D eigenvalue weighted by Gasteiger charge is 2.31. The summed E-state index contributed by atoms with van der Waals surface area (Å²) in [6.07, 6.45) is -4.07. The van der Waals surface area contributed by atoms with E-state index in [1.165, 1.54) is 18.2 Å². The van der Waals surface area contributed by atoms with E-state index >= 15 is 0 Å². The summed E-state index contributed by atoms with van der Waals surface area (Å²) in [5, 5.41) is 0. The molecular weight excluding hydrogens is 245 g/mol. The predicted octanol–water partition coefficient (Wildman–Crippen LogP) is 3.21. The summed E-state index contributed by atoms with van der Waals surface area (Å²) < 4.78 is 40.1. The van der Waals surface area contributed by atoms with Gasteiger partial charge in [-0.15, -0.1) is 13.2 Å². The summed E-state index contributed by atoms with van der Waals surface area (Å²) >= 11 is 0. The standard InChI is InChI=1S/C12H17F3N2O/c1-7(2)5-11(17)9-6-8(3-4-10(9)16)18-12(13,14)15/h3-4,6-7,11H,5,16-17H2,1-2H3. The second-order valence-electron chi connectivity index (χ2n) is 4.57. The molecule has 0 aromatic heterocycles. The van der Waals surface area contributed by atoms with Crippen molar-refractivity contribution in [3.05, 3.63) is 23.8 Å². The van der Waals surface area contributed by atoms with Crippen LogP contribution in [0.25, 0.3) is 0 Å². The van der Waals surface area contributed by atoms with Crippen LogP contribution in [-0.2, 0) is 0 Å². The Morgan fingerprint density at radius 3 is 2.39 bits per heavy atom. The van der Waals surface area contributed by atoms with Gasteiger partial charge in [0, 0.05) is 11.7 Å². The third-order valence-electron chi connectivity index (χ3n) is 2.42. The average molecular weight is 262 g/mol. The Labute approximate surface area is 104 Å². The first-order valence-electron chi connectivity index (χ1n) is 5.60. The quantitative estimate of drug-likeness (QED) is 0.819. The van der Waals surface area contributed by atoms with Gasteiger partial charge in [-0.3, -0.25) is 0 Å². The molecule has 1 unspecified atom stereocenters. The lowest BCUT2D eigenvalue weighted by molar-refractivity contribution is -0.274. The van der Waals surface area contributed by atoms with Crippen LogP contribution < -0.4 is 16.2 Å². The lowest BCUT2D eigenvalue weighted by Gasteiger charge is -2.18. The maximum absolute atomic E-state index is 12.1. The maximum atomic E-state index is 12.1. The second-order valence-corrected chi connectivity index (χ2v) is 4.57. The van der Waals surface area contributed by atoms with E-state index in [2.05, 4.69) is 4.74 Å².